The number of nitrogens with two attached hydrogens (primary N) is 1. The number of rotatable bonds is 3. The number of carbonyl (C=O) groups excluding carboxylic acids is 1. The molecule has 0 fully saturated rings. The van der Waals surface area contributed by atoms with Gasteiger partial charge in [-0.3, -0.25) is 0 Å². The molecule has 0 radical (unpaired) electrons. The predicted molar refractivity (Wildman–Crippen MR) is 88.0 cm³/mol. The molecule has 116 valence electrons. The highest BCUT2D eigenvalue weighted by Gasteiger charge is 2.21. The second-order valence-electron chi connectivity index (χ2n) is 5.11. The lowest BCUT2D eigenvalue weighted by Gasteiger charge is -2.11. The van der Waals surface area contributed by atoms with Crippen LogP contribution in [0.3, 0.4) is 0 Å². The van der Waals surface area contributed by atoms with Crippen LogP contribution in [0, 0.1) is 6.92 Å². The second kappa shape index (κ2) is 5.92. The monoisotopic (exact) mass is 308 g/mol. The first kappa shape index (κ1) is 14.8. The summed E-state index contributed by atoms with van der Waals surface area (Å²) in [6.45, 7) is 1.98. The van der Waals surface area contributed by atoms with Crippen molar-refractivity contribution in [1.29, 1.82) is 0 Å². The molecule has 0 bridgehead atoms. The molecule has 0 saturated heterocycles. The molecule has 0 aliphatic carbocycles. The average molecular weight is 308 g/mol. The normalized spacial score (nSPS) is 12.1. The van der Waals surface area contributed by atoms with E-state index in [9.17, 15) is 4.79 Å². The van der Waals surface area contributed by atoms with Crippen molar-refractivity contribution in [2.75, 3.05) is 7.11 Å². The van der Waals surface area contributed by atoms with Crippen LogP contribution in [0.4, 0.5) is 0 Å². The summed E-state index contributed by atoms with van der Waals surface area (Å²) in [5.41, 5.74) is 9.84. The summed E-state index contributed by atoms with van der Waals surface area (Å²) in [5.74, 6) is -0.571. The summed E-state index contributed by atoms with van der Waals surface area (Å²) in [7, 11) is 1.31. The molecule has 2 N–H and O–H groups in total. The van der Waals surface area contributed by atoms with E-state index in [1.165, 1.54) is 11.8 Å². The fourth-order valence-electron chi connectivity index (χ4n) is 2.31. The van der Waals surface area contributed by atoms with E-state index < -0.39 is 5.97 Å². The maximum atomic E-state index is 12.3. The lowest BCUT2D eigenvalue weighted by molar-refractivity contribution is -0.134. The number of hydrogen-bond donors (Lipinski definition) is 1. The molecule has 0 unspecified atom stereocenters. The van der Waals surface area contributed by atoms with Crippen LogP contribution in [0.15, 0.2) is 48.5 Å². The summed E-state index contributed by atoms with van der Waals surface area (Å²) < 4.78 is 6.30. The van der Waals surface area contributed by atoms with Gasteiger partial charge < -0.3 is 10.5 Å². The molecule has 0 spiro atoms. The lowest BCUT2D eigenvalue weighted by atomic mass is 10.1. The molecule has 0 saturated carbocycles. The highest BCUT2D eigenvalue weighted by Crippen LogP contribution is 2.22. The lowest BCUT2D eigenvalue weighted by Crippen LogP contribution is -2.17. The van der Waals surface area contributed by atoms with Gasteiger partial charge in [0, 0.05) is 0 Å². The van der Waals surface area contributed by atoms with E-state index in [2.05, 4.69) is 10.3 Å². The molecule has 1 heterocycles. The number of esters is 1. The van der Waals surface area contributed by atoms with Crippen LogP contribution in [0.1, 0.15) is 11.1 Å². The maximum absolute atomic E-state index is 12.3. The fraction of sp³-hybridized carbons (Fsp3) is 0.118. The SMILES string of the molecule is COC(=O)/C(=C(\N)c1ccc(C)cc1)n1nnc2ccccc21. The Morgan fingerprint density at radius 2 is 1.83 bits per heavy atom. The number of benzene rings is 2. The van der Waals surface area contributed by atoms with Gasteiger partial charge in [-0.25, -0.2) is 9.48 Å². The number of ether oxygens (including phenoxy) is 1. The predicted octanol–water partition coefficient (Wildman–Crippen LogP) is 2.20. The van der Waals surface area contributed by atoms with E-state index >= 15 is 0 Å². The topological polar surface area (TPSA) is 83.0 Å². The minimum atomic E-state index is -0.571. The van der Waals surface area contributed by atoms with Crippen LogP contribution >= 0.6 is 0 Å². The number of nitrogens with zero attached hydrogens (tertiary/aromatic N) is 3. The Morgan fingerprint density at radius 1 is 1.13 bits per heavy atom. The van der Waals surface area contributed by atoms with Gasteiger partial charge >= 0.3 is 5.97 Å². The average Bonchev–Trinajstić information content (AvgIpc) is 2.99. The molecule has 0 aliphatic rings. The zero-order chi connectivity index (χ0) is 16.4. The number of aromatic nitrogens is 3. The van der Waals surface area contributed by atoms with Crippen molar-refractivity contribution in [2.24, 2.45) is 5.73 Å². The first-order valence-electron chi connectivity index (χ1n) is 7.07. The minimum Gasteiger partial charge on any atom is -0.464 e. The third-order valence-corrected chi connectivity index (χ3v) is 3.56. The Balaban J connectivity index is 2.24. The Labute approximate surface area is 133 Å². The van der Waals surface area contributed by atoms with Crippen molar-refractivity contribution in [1.82, 2.24) is 15.0 Å². The second-order valence-corrected chi connectivity index (χ2v) is 5.11. The third kappa shape index (κ3) is 2.66. The summed E-state index contributed by atoms with van der Waals surface area (Å²) in [6, 6.07) is 14.9. The Hall–Kier alpha value is -3.15. The van der Waals surface area contributed by atoms with Crippen molar-refractivity contribution >= 4 is 28.4 Å². The largest absolute Gasteiger partial charge is 0.464 e. The fourth-order valence-corrected chi connectivity index (χ4v) is 2.31. The molecule has 3 aromatic rings. The zero-order valence-electron chi connectivity index (χ0n) is 12.9. The van der Waals surface area contributed by atoms with Gasteiger partial charge in [-0.05, 0) is 24.6 Å². The molecule has 3 rings (SSSR count). The molecule has 0 aliphatic heterocycles. The van der Waals surface area contributed by atoms with E-state index in [-0.39, 0.29) is 11.4 Å². The smallest absolute Gasteiger partial charge is 0.358 e. The molecule has 2 aromatic carbocycles. The van der Waals surface area contributed by atoms with E-state index in [1.54, 1.807) is 0 Å². The van der Waals surface area contributed by atoms with Crippen LogP contribution in [-0.4, -0.2) is 28.1 Å². The number of fused-ring (bicyclic) bond motifs is 1. The van der Waals surface area contributed by atoms with Gasteiger partial charge in [0.1, 0.15) is 5.52 Å². The molecule has 23 heavy (non-hydrogen) atoms. The Bertz CT molecular complexity index is 894. The van der Waals surface area contributed by atoms with Gasteiger partial charge in [-0.1, -0.05) is 47.2 Å². The Morgan fingerprint density at radius 3 is 2.52 bits per heavy atom. The van der Waals surface area contributed by atoms with Crippen molar-refractivity contribution in [3.8, 4) is 0 Å². The van der Waals surface area contributed by atoms with Crippen molar-refractivity contribution < 1.29 is 9.53 Å². The summed E-state index contributed by atoms with van der Waals surface area (Å²) >= 11 is 0. The highest BCUT2D eigenvalue weighted by atomic mass is 16.5. The molecule has 0 atom stereocenters. The van der Waals surface area contributed by atoms with E-state index in [4.69, 9.17) is 10.5 Å². The van der Waals surface area contributed by atoms with Crippen LogP contribution in [0.5, 0.6) is 0 Å². The van der Waals surface area contributed by atoms with Crippen LogP contribution in [0.25, 0.3) is 22.4 Å². The molecular weight excluding hydrogens is 292 g/mol. The van der Waals surface area contributed by atoms with Crippen molar-refractivity contribution in [3.63, 3.8) is 0 Å². The molecule has 1 aromatic heterocycles. The van der Waals surface area contributed by atoms with Gasteiger partial charge in [0.25, 0.3) is 0 Å². The van der Waals surface area contributed by atoms with Crippen molar-refractivity contribution in [3.05, 3.63) is 59.7 Å². The Kier molecular flexibility index (Phi) is 3.80. The maximum Gasteiger partial charge on any atom is 0.358 e. The van der Waals surface area contributed by atoms with E-state index in [0.717, 1.165) is 11.1 Å². The summed E-state index contributed by atoms with van der Waals surface area (Å²) in [4.78, 5) is 12.3. The number of para-hydroxylation sites is 1. The minimum absolute atomic E-state index is 0.144. The number of aryl methyl sites for hydroxylation is 1. The first-order valence-corrected chi connectivity index (χ1v) is 7.07. The van der Waals surface area contributed by atoms with Gasteiger partial charge in [0.05, 0.1) is 18.3 Å². The number of carbonyl (C=O) groups is 1. The first-order chi connectivity index (χ1) is 11.1. The van der Waals surface area contributed by atoms with Gasteiger partial charge in [-0.15, -0.1) is 5.10 Å². The summed E-state index contributed by atoms with van der Waals surface area (Å²) in [5, 5.41) is 8.12. The quantitative estimate of drug-likeness (QED) is 0.592. The van der Waals surface area contributed by atoms with Gasteiger partial charge in [0.15, 0.2) is 5.70 Å². The zero-order valence-corrected chi connectivity index (χ0v) is 12.9. The molecule has 0 amide bonds. The van der Waals surface area contributed by atoms with Gasteiger partial charge in [0.2, 0.25) is 0 Å². The molecule has 6 nitrogen and oxygen atoms in total. The van der Waals surface area contributed by atoms with Crippen molar-refractivity contribution in [2.45, 2.75) is 6.92 Å². The molecular formula is C17H16N4O2. The number of hydrogen-bond acceptors (Lipinski definition) is 5. The van der Waals surface area contributed by atoms with E-state index in [1.807, 2.05) is 55.5 Å². The van der Waals surface area contributed by atoms with E-state index in [0.29, 0.717) is 11.0 Å². The number of methoxy groups -OCH3 is 1. The third-order valence-electron chi connectivity index (χ3n) is 3.56. The standard InChI is InChI=1S/C17H16N4O2/c1-11-7-9-12(10-8-11)15(18)16(17(22)23-2)21-14-6-4-3-5-13(14)19-20-21/h3-10H,18H2,1-2H3/b16-15+. The highest BCUT2D eigenvalue weighted by molar-refractivity contribution is 6.19. The molecule has 6 heteroatoms. The van der Waals surface area contributed by atoms with Crippen LogP contribution < -0.4 is 5.73 Å². The van der Waals surface area contributed by atoms with Crippen LogP contribution in [-0.2, 0) is 9.53 Å². The summed E-state index contributed by atoms with van der Waals surface area (Å²) in [6.07, 6.45) is 0. The van der Waals surface area contributed by atoms with Gasteiger partial charge in [-0.2, -0.15) is 0 Å². The van der Waals surface area contributed by atoms with Crippen LogP contribution in [0.2, 0.25) is 0 Å².